The molecule has 0 spiro atoms. The molecule has 2 rings (SSSR count). The van der Waals surface area contributed by atoms with Gasteiger partial charge in [0.1, 0.15) is 5.69 Å². The van der Waals surface area contributed by atoms with Gasteiger partial charge in [-0.3, -0.25) is 9.59 Å². The SMILES string of the molecule is C#Cc1nc(C(=O)Nc2ccc(C(N)=O)cc2)ncc1N(C)C. The van der Waals surface area contributed by atoms with Gasteiger partial charge in [-0.2, -0.15) is 0 Å². The second kappa shape index (κ2) is 6.58. The van der Waals surface area contributed by atoms with E-state index in [2.05, 4.69) is 21.2 Å². The highest BCUT2D eigenvalue weighted by Gasteiger charge is 2.14. The molecule has 0 bridgehead atoms. The Balaban J connectivity index is 2.21. The number of carbonyl (C=O) groups is 2. The number of nitrogens with one attached hydrogen (secondary N) is 1. The minimum Gasteiger partial charge on any atom is -0.374 e. The summed E-state index contributed by atoms with van der Waals surface area (Å²) in [6.07, 6.45) is 6.91. The summed E-state index contributed by atoms with van der Waals surface area (Å²) in [5.74, 6) is 1.35. The predicted molar refractivity (Wildman–Crippen MR) is 87.2 cm³/mol. The molecule has 1 aromatic heterocycles. The van der Waals surface area contributed by atoms with Crippen LogP contribution in [0.2, 0.25) is 0 Å². The van der Waals surface area contributed by atoms with Gasteiger partial charge in [-0.1, -0.05) is 0 Å². The lowest BCUT2D eigenvalue weighted by atomic mass is 10.2. The maximum absolute atomic E-state index is 12.2. The Morgan fingerprint density at radius 2 is 1.91 bits per heavy atom. The number of aromatic nitrogens is 2. The summed E-state index contributed by atoms with van der Waals surface area (Å²) >= 11 is 0. The van der Waals surface area contributed by atoms with Crippen LogP contribution in [0, 0.1) is 12.3 Å². The quantitative estimate of drug-likeness (QED) is 0.816. The largest absolute Gasteiger partial charge is 0.374 e. The number of terminal acetylenes is 1. The van der Waals surface area contributed by atoms with Crippen molar-refractivity contribution in [3.05, 3.63) is 47.5 Å². The van der Waals surface area contributed by atoms with Gasteiger partial charge in [-0.15, -0.1) is 6.42 Å². The van der Waals surface area contributed by atoms with E-state index in [4.69, 9.17) is 12.2 Å². The van der Waals surface area contributed by atoms with Crippen molar-refractivity contribution in [2.45, 2.75) is 0 Å². The molecule has 7 heteroatoms. The van der Waals surface area contributed by atoms with Gasteiger partial charge in [0.15, 0.2) is 0 Å². The Hall–Kier alpha value is -3.40. The van der Waals surface area contributed by atoms with Gasteiger partial charge < -0.3 is 16.0 Å². The molecule has 0 saturated heterocycles. The average Bonchev–Trinajstić information content (AvgIpc) is 2.54. The Morgan fingerprint density at radius 1 is 1.26 bits per heavy atom. The molecule has 23 heavy (non-hydrogen) atoms. The second-order valence-corrected chi connectivity index (χ2v) is 4.86. The van der Waals surface area contributed by atoms with Crippen molar-refractivity contribution in [3.63, 3.8) is 0 Å². The van der Waals surface area contributed by atoms with Crippen LogP contribution < -0.4 is 16.0 Å². The van der Waals surface area contributed by atoms with E-state index in [9.17, 15) is 9.59 Å². The smallest absolute Gasteiger partial charge is 0.293 e. The van der Waals surface area contributed by atoms with Crippen LogP contribution in [0.25, 0.3) is 0 Å². The fourth-order valence-electron chi connectivity index (χ4n) is 1.82. The van der Waals surface area contributed by atoms with Crippen molar-refractivity contribution in [1.29, 1.82) is 0 Å². The molecule has 0 aliphatic carbocycles. The van der Waals surface area contributed by atoms with Crippen LogP contribution in [0.5, 0.6) is 0 Å². The number of hydrogen-bond acceptors (Lipinski definition) is 5. The van der Waals surface area contributed by atoms with E-state index in [1.54, 1.807) is 31.1 Å². The lowest BCUT2D eigenvalue weighted by molar-refractivity contribution is 0.0997. The molecule has 0 radical (unpaired) electrons. The van der Waals surface area contributed by atoms with Gasteiger partial charge in [0.2, 0.25) is 11.7 Å². The number of hydrogen-bond donors (Lipinski definition) is 2. The zero-order valence-electron chi connectivity index (χ0n) is 12.7. The van der Waals surface area contributed by atoms with E-state index < -0.39 is 11.8 Å². The summed E-state index contributed by atoms with van der Waals surface area (Å²) in [5.41, 5.74) is 6.98. The summed E-state index contributed by atoms with van der Waals surface area (Å²) in [6.45, 7) is 0. The van der Waals surface area contributed by atoms with Crippen LogP contribution in [0.3, 0.4) is 0 Å². The minimum atomic E-state index is -0.538. The molecule has 2 amide bonds. The van der Waals surface area contributed by atoms with Gasteiger partial charge in [0.05, 0.1) is 11.9 Å². The molecular weight excluding hydrogens is 294 g/mol. The molecule has 0 fully saturated rings. The number of benzene rings is 1. The molecule has 0 aliphatic heterocycles. The van der Waals surface area contributed by atoms with Gasteiger partial charge in [-0.05, 0) is 30.2 Å². The fraction of sp³-hybridized carbons (Fsp3) is 0.125. The molecule has 2 aromatic rings. The minimum absolute atomic E-state index is 0.0393. The maximum atomic E-state index is 12.2. The highest BCUT2D eigenvalue weighted by atomic mass is 16.2. The van der Waals surface area contributed by atoms with Crippen molar-refractivity contribution in [3.8, 4) is 12.3 Å². The highest BCUT2D eigenvalue weighted by molar-refractivity contribution is 6.02. The number of carbonyl (C=O) groups excluding carboxylic acids is 2. The third kappa shape index (κ3) is 3.63. The van der Waals surface area contributed by atoms with Gasteiger partial charge in [0.25, 0.3) is 5.91 Å². The van der Waals surface area contributed by atoms with E-state index in [1.807, 2.05) is 0 Å². The normalized spacial score (nSPS) is 9.78. The Bertz CT molecular complexity index is 791. The van der Waals surface area contributed by atoms with Crippen molar-refractivity contribution >= 4 is 23.2 Å². The molecule has 0 unspecified atom stereocenters. The molecule has 0 aliphatic rings. The van der Waals surface area contributed by atoms with Crippen LogP contribution in [0.15, 0.2) is 30.5 Å². The summed E-state index contributed by atoms with van der Waals surface area (Å²) in [6, 6.07) is 6.16. The third-order valence-electron chi connectivity index (χ3n) is 3.02. The van der Waals surface area contributed by atoms with Gasteiger partial charge >= 0.3 is 0 Å². The van der Waals surface area contributed by atoms with E-state index in [0.29, 0.717) is 22.6 Å². The number of primary amides is 1. The van der Waals surface area contributed by atoms with Gasteiger partial charge in [0, 0.05) is 25.3 Å². The Labute approximate surface area is 133 Å². The van der Waals surface area contributed by atoms with Crippen molar-refractivity contribution < 1.29 is 9.59 Å². The summed E-state index contributed by atoms with van der Waals surface area (Å²) in [4.78, 5) is 33.0. The number of nitrogens with zero attached hydrogens (tertiary/aromatic N) is 3. The number of anilines is 2. The average molecular weight is 309 g/mol. The van der Waals surface area contributed by atoms with Crippen LogP contribution in [0.4, 0.5) is 11.4 Å². The van der Waals surface area contributed by atoms with E-state index in [-0.39, 0.29) is 5.82 Å². The second-order valence-electron chi connectivity index (χ2n) is 4.86. The van der Waals surface area contributed by atoms with E-state index in [1.165, 1.54) is 18.3 Å². The highest BCUT2D eigenvalue weighted by Crippen LogP contribution is 2.15. The molecule has 3 N–H and O–H groups in total. The monoisotopic (exact) mass is 309 g/mol. The number of nitrogens with two attached hydrogens (primary N) is 1. The Kier molecular flexibility index (Phi) is 4.57. The molecule has 1 heterocycles. The van der Waals surface area contributed by atoms with Crippen LogP contribution in [-0.4, -0.2) is 35.9 Å². The molecule has 116 valence electrons. The molecular formula is C16H15N5O2. The van der Waals surface area contributed by atoms with E-state index >= 15 is 0 Å². The van der Waals surface area contributed by atoms with Crippen LogP contribution >= 0.6 is 0 Å². The lowest BCUT2D eigenvalue weighted by Gasteiger charge is -2.13. The maximum Gasteiger partial charge on any atom is 0.293 e. The summed E-state index contributed by atoms with van der Waals surface area (Å²) in [5, 5.41) is 2.63. The standard InChI is InChI=1S/C16H15N5O2/c1-4-12-13(21(2)3)9-18-15(20-12)16(23)19-11-7-5-10(6-8-11)14(17)22/h1,5-9H,2-3H3,(H2,17,22)(H,19,23). The first-order chi connectivity index (χ1) is 10.9. The zero-order chi connectivity index (χ0) is 17.0. The van der Waals surface area contributed by atoms with E-state index in [0.717, 1.165) is 0 Å². The first-order valence-electron chi connectivity index (χ1n) is 6.64. The topological polar surface area (TPSA) is 101 Å². The number of rotatable bonds is 4. The van der Waals surface area contributed by atoms with Crippen LogP contribution in [-0.2, 0) is 0 Å². The molecule has 0 atom stereocenters. The lowest BCUT2D eigenvalue weighted by Crippen LogP contribution is -2.19. The Morgan fingerprint density at radius 3 is 2.43 bits per heavy atom. The van der Waals surface area contributed by atoms with Crippen molar-refractivity contribution in [2.24, 2.45) is 5.73 Å². The van der Waals surface area contributed by atoms with Gasteiger partial charge in [-0.25, -0.2) is 9.97 Å². The zero-order valence-corrected chi connectivity index (χ0v) is 12.7. The third-order valence-corrected chi connectivity index (χ3v) is 3.02. The first kappa shape index (κ1) is 16.0. The molecule has 0 saturated carbocycles. The fourth-order valence-corrected chi connectivity index (χ4v) is 1.82. The first-order valence-corrected chi connectivity index (χ1v) is 6.64. The van der Waals surface area contributed by atoms with Crippen LogP contribution in [0.1, 0.15) is 26.7 Å². The summed E-state index contributed by atoms with van der Waals surface area (Å²) < 4.78 is 0. The molecule has 7 nitrogen and oxygen atoms in total. The predicted octanol–water partition coefficient (Wildman–Crippen LogP) is 0.875. The number of amides is 2. The summed E-state index contributed by atoms with van der Waals surface area (Å²) in [7, 11) is 3.61. The van der Waals surface area contributed by atoms with Crippen molar-refractivity contribution in [2.75, 3.05) is 24.3 Å². The molecule has 1 aromatic carbocycles. The van der Waals surface area contributed by atoms with Crippen molar-refractivity contribution in [1.82, 2.24) is 9.97 Å².